The van der Waals surface area contributed by atoms with Gasteiger partial charge in [-0.05, 0) is 12.8 Å². The number of carbonyl (C=O) groups excluding carboxylic acids is 1. The number of nitrogens with one attached hydrogen (secondary N) is 1. The summed E-state index contributed by atoms with van der Waals surface area (Å²) >= 11 is 0. The standard InChI is InChI=1S/C7H10N3O.2C2H6.CH3.Y/c1-6(2)8-4-9-7(3)10-5-11;2*1-2;;/h4H,1H2,2-3H3,(H,8,9,10,11);2*1-2H3;1H3;/q-1;;;-1;. The predicted molar refractivity (Wildman–Crippen MR) is 74.4 cm³/mol. The maximum atomic E-state index is 9.69. The summed E-state index contributed by atoms with van der Waals surface area (Å²) in [6.45, 7) is 15.0. The van der Waals surface area contributed by atoms with Crippen molar-refractivity contribution in [2.24, 2.45) is 9.98 Å². The molecule has 5 heteroatoms. The number of rotatable bonds is 3. The number of hydrogen-bond donors (Lipinski definition) is 1. The van der Waals surface area contributed by atoms with Crippen molar-refractivity contribution in [1.29, 1.82) is 0 Å². The molecule has 0 atom stereocenters. The summed E-state index contributed by atoms with van der Waals surface area (Å²) in [4.78, 5) is 16.7. The first-order valence-electron chi connectivity index (χ1n) is 5.03. The summed E-state index contributed by atoms with van der Waals surface area (Å²) in [7, 11) is 0. The van der Waals surface area contributed by atoms with Gasteiger partial charge in [0, 0.05) is 38.4 Å². The van der Waals surface area contributed by atoms with Gasteiger partial charge in [0.05, 0.1) is 12.7 Å². The molecule has 0 aliphatic rings. The van der Waals surface area contributed by atoms with Crippen LogP contribution >= 0.6 is 0 Å². The van der Waals surface area contributed by atoms with Crippen molar-refractivity contribution in [2.45, 2.75) is 41.5 Å². The van der Waals surface area contributed by atoms with Crippen LogP contribution in [0.2, 0.25) is 0 Å². The zero-order valence-corrected chi connectivity index (χ0v) is 15.0. The van der Waals surface area contributed by atoms with Crippen LogP contribution in [0.4, 0.5) is 0 Å². The largest absolute Gasteiger partial charge is 0.399 e. The van der Waals surface area contributed by atoms with Crippen LogP contribution in [0.15, 0.2) is 22.3 Å². The summed E-state index contributed by atoms with van der Waals surface area (Å²) < 4.78 is 0. The van der Waals surface area contributed by atoms with Crippen LogP contribution in [-0.4, -0.2) is 18.6 Å². The minimum atomic E-state index is 0. The Morgan fingerprint density at radius 1 is 1.24 bits per heavy atom. The van der Waals surface area contributed by atoms with E-state index in [0.29, 0.717) is 5.84 Å². The van der Waals surface area contributed by atoms with E-state index in [1.165, 1.54) is 12.7 Å². The normalized spacial score (nSPS) is 8.24. The monoisotopic (exact) mass is 316 g/mol. The molecule has 0 fully saturated rings. The quantitative estimate of drug-likeness (QED) is 0.494. The average Bonchev–Trinajstić information content (AvgIpc) is 2.23. The number of aliphatic imine (C=N–C) groups is 2. The van der Waals surface area contributed by atoms with Crippen LogP contribution in [0, 0.1) is 7.43 Å². The van der Waals surface area contributed by atoms with Crippen LogP contribution in [0.5, 0.6) is 0 Å². The zero-order chi connectivity index (χ0) is 12.7. The van der Waals surface area contributed by atoms with E-state index in [1.54, 1.807) is 13.8 Å². The Labute approximate surface area is 132 Å². The second-order valence-electron chi connectivity index (χ2n) is 1.93. The molecule has 1 radical (unpaired) electrons. The Morgan fingerprint density at radius 2 is 1.65 bits per heavy atom. The van der Waals surface area contributed by atoms with Crippen LogP contribution in [0.25, 0.3) is 0 Å². The first-order chi connectivity index (χ1) is 7.16. The van der Waals surface area contributed by atoms with Crippen molar-refractivity contribution in [3.63, 3.8) is 0 Å². The topological polar surface area (TPSA) is 53.8 Å². The second kappa shape index (κ2) is 29.6. The molecule has 0 bridgehead atoms. The van der Waals surface area contributed by atoms with Gasteiger partial charge in [-0.3, -0.25) is 0 Å². The van der Waals surface area contributed by atoms with Gasteiger partial charge >= 0.3 is 0 Å². The van der Waals surface area contributed by atoms with Gasteiger partial charge in [0.25, 0.3) is 0 Å². The van der Waals surface area contributed by atoms with Gasteiger partial charge in [-0.2, -0.15) is 0 Å². The average molecular weight is 316 g/mol. The number of allylic oxidation sites excluding steroid dienone is 1. The van der Waals surface area contributed by atoms with Crippen LogP contribution < -0.4 is 5.32 Å². The molecule has 0 aromatic rings. The number of nitrogens with zero attached hydrogens (tertiary/aromatic N) is 2. The molecule has 0 aromatic carbocycles. The molecule has 0 aromatic heterocycles. The van der Waals surface area contributed by atoms with Crippen molar-refractivity contribution in [1.82, 2.24) is 5.32 Å². The van der Waals surface area contributed by atoms with E-state index in [-0.39, 0.29) is 40.1 Å². The summed E-state index contributed by atoms with van der Waals surface area (Å²) in [5.41, 5.74) is 0.775. The minimum Gasteiger partial charge on any atom is -0.399 e. The molecule has 0 heterocycles. The summed E-state index contributed by atoms with van der Waals surface area (Å²) in [5.74, 6) is 0.355. The summed E-state index contributed by atoms with van der Waals surface area (Å²) in [5, 5.41) is 2.74. The van der Waals surface area contributed by atoms with Gasteiger partial charge in [-0.1, -0.05) is 41.2 Å². The summed E-state index contributed by atoms with van der Waals surface area (Å²) in [6.07, 6.45) is 2.79. The maximum absolute atomic E-state index is 9.69. The molecule has 17 heavy (non-hydrogen) atoms. The Balaban J connectivity index is -0.0000000720. The van der Waals surface area contributed by atoms with E-state index >= 15 is 0 Å². The van der Waals surface area contributed by atoms with Crippen molar-refractivity contribution in [2.75, 3.05) is 0 Å². The SMILES string of the molecule is C=C(C)NC=NC(C)=N[C-]=O.CC.CC.[CH3-].[Y]. The molecule has 0 saturated carbocycles. The smallest absolute Gasteiger partial charge is 0.0909 e. The van der Waals surface area contributed by atoms with Gasteiger partial charge in [0.2, 0.25) is 0 Å². The molecule has 0 unspecified atom stereocenters. The Hall–Kier alpha value is -0.346. The number of amidine groups is 1. The third kappa shape index (κ3) is 39.0. The number of amides is 1. The Bertz CT molecular complexity index is 214. The van der Waals surface area contributed by atoms with Crippen molar-refractivity contribution < 1.29 is 37.5 Å². The molecule has 0 aliphatic heterocycles. The van der Waals surface area contributed by atoms with E-state index < -0.39 is 0 Å². The van der Waals surface area contributed by atoms with Gasteiger partial charge < -0.3 is 27.5 Å². The fraction of sp³-hybridized carbons (Fsp3) is 0.500. The molecule has 4 nitrogen and oxygen atoms in total. The Morgan fingerprint density at radius 3 is 1.94 bits per heavy atom. The molecule has 0 rings (SSSR count). The van der Waals surface area contributed by atoms with Gasteiger partial charge in [0.1, 0.15) is 0 Å². The molecule has 0 aliphatic carbocycles. The molecule has 1 amide bonds. The van der Waals surface area contributed by atoms with Crippen molar-refractivity contribution >= 4 is 18.6 Å². The fourth-order valence-corrected chi connectivity index (χ4v) is 0.331. The van der Waals surface area contributed by atoms with Gasteiger partial charge in [-0.25, -0.2) is 0 Å². The second-order valence-corrected chi connectivity index (χ2v) is 1.93. The van der Waals surface area contributed by atoms with E-state index in [2.05, 4.69) is 21.9 Å². The Kier molecular flexibility index (Phi) is 52.3. The maximum Gasteiger partial charge on any atom is 0.0909 e. The van der Waals surface area contributed by atoms with Crippen LogP contribution in [0.3, 0.4) is 0 Å². The fourth-order valence-electron chi connectivity index (χ4n) is 0.331. The van der Waals surface area contributed by atoms with Crippen molar-refractivity contribution in [3.05, 3.63) is 19.7 Å². The predicted octanol–water partition coefficient (Wildman–Crippen LogP) is 3.12. The van der Waals surface area contributed by atoms with E-state index in [0.717, 1.165) is 5.70 Å². The molecular formula is C12H25N3OY-2. The van der Waals surface area contributed by atoms with Gasteiger partial charge in [0.15, 0.2) is 0 Å². The first-order valence-corrected chi connectivity index (χ1v) is 5.03. The van der Waals surface area contributed by atoms with E-state index in [4.69, 9.17) is 0 Å². The van der Waals surface area contributed by atoms with Crippen LogP contribution in [0.1, 0.15) is 41.5 Å². The van der Waals surface area contributed by atoms with E-state index in [1.807, 2.05) is 27.7 Å². The number of hydrogen-bond acceptors (Lipinski definition) is 1. The molecule has 0 saturated heterocycles. The van der Waals surface area contributed by atoms with Crippen molar-refractivity contribution in [3.8, 4) is 0 Å². The zero-order valence-electron chi connectivity index (χ0n) is 12.2. The molecule has 0 spiro atoms. The van der Waals surface area contributed by atoms with Crippen LogP contribution in [-0.2, 0) is 37.5 Å². The first kappa shape index (κ1) is 30.0. The molecule has 1 N–H and O–H groups in total. The molecular weight excluding hydrogens is 291 g/mol. The minimum absolute atomic E-state index is 0. The van der Waals surface area contributed by atoms with Gasteiger partial charge in [-0.15, -0.1) is 0 Å². The summed E-state index contributed by atoms with van der Waals surface area (Å²) in [6, 6.07) is 0. The third-order valence-electron chi connectivity index (χ3n) is 0.770. The molecule has 99 valence electrons. The van der Waals surface area contributed by atoms with E-state index in [9.17, 15) is 4.79 Å². The third-order valence-corrected chi connectivity index (χ3v) is 0.770.